The fourth-order valence-corrected chi connectivity index (χ4v) is 9.39. The van der Waals surface area contributed by atoms with Gasteiger partial charge in [-0.1, -0.05) is 301 Å². The quantitative estimate of drug-likeness (QED) is 0.0261. The molecule has 0 spiro atoms. The highest BCUT2D eigenvalue weighted by atomic mass is 16.6. The standard InChI is InChI=1S/C65H120O6/c1-4-7-10-13-16-19-22-25-28-30-31-32-33-35-38-40-43-46-49-52-55-58-64(67)70-61-62(71-65(68)59-56-53-50-47-44-41-36-27-24-21-18-15-12-9-6-3)60-69-63(66)57-54-51-48-45-42-39-37-34-29-26-23-20-17-14-11-8-5-2/h17,20,26,29,37,39,62H,4-16,18-19,21-25,27-28,30-36,38,40-61H2,1-3H3/b20-17-,29-26-,39-37-/t62-/m1/s1. The Labute approximate surface area is 442 Å². The van der Waals surface area contributed by atoms with Crippen molar-refractivity contribution >= 4 is 17.9 Å². The number of hydrogen-bond acceptors (Lipinski definition) is 6. The van der Waals surface area contributed by atoms with Crippen molar-refractivity contribution in [2.75, 3.05) is 13.2 Å². The fraction of sp³-hybridized carbons (Fsp3) is 0.862. The summed E-state index contributed by atoms with van der Waals surface area (Å²) in [5.74, 6) is -0.872. The molecule has 71 heavy (non-hydrogen) atoms. The summed E-state index contributed by atoms with van der Waals surface area (Å²) in [4.78, 5) is 38.3. The lowest BCUT2D eigenvalue weighted by Crippen LogP contribution is -2.30. The molecule has 0 aliphatic heterocycles. The lowest BCUT2D eigenvalue weighted by Gasteiger charge is -2.18. The zero-order chi connectivity index (χ0) is 51.4. The summed E-state index contributed by atoms with van der Waals surface area (Å²) in [5.41, 5.74) is 0. The zero-order valence-corrected chi connectivity index (χ0v) is 47.8. The smallest absolute Gasteiger partial charge is 0.306 e. The van der Waals surface area contributed by atoms with E-state index >= 15 is 0 Å². The van der Waals surface area contributed by atoms with Gasteiger partial charge in [0.05, 0.1) is 0 Å². The van der Waals surface area contributed by atoms with Crippen LogP contribution in [-0.4, -0.2) is 37.2 Å². The topological polar surface area (TPSA) is 78.9 Å². The van der Waals surface area contributed by atoms with Crippen LogP contribution >= 0.6 is 0 Å². The van der Waals surface area contributed by atoms with Crippen LogP contribution in [0, 0.1) is 0 Å². The highest BCUT2D eigenvalue weighted by molar-refractivity contribution is 5.71. The van der Waals surface area contributed by atoms with E-state index in [4.69, 9.17) is 14.2 Å². The van der Waals surface area contributed by atoms with Crippen LogP contribution in [0.15, 0.2) is 36.5 Å². The van der Waals surface area contributed by atoms with E-state index in [1.54, 1.807) is 0 Å². The summed E-state index contributed by atoms with van der Waals surface area (Å²) >= 11 is 0. The number of ether oxygens (including phenoxy) is 3. The van der Waals surface area contributed by atoms with Crippen LogP contribution in [0.1, 0.15) is 342 Å². The summed E-state index contributed by atoms with van der Waals surface area (Å²) < 4.78 is 16.9. The number of allylic oxidation sites excluding steroid dienone is 6. The van der Waals surface area contributed by atoms with Gasteiger partial charge < -0.3 is 14.2 Å². The Morgan fingerprint density at radius 1 is 0.282 bits per heavy atom. The third kappa shape index (κ3) is 58.4. The number of esters is 3. The van der Waals surface area contributed by atoms with Crippen molar-refractivity contribution in [2.45, 2.75) is 348 Å². The van der Waals surface area contributed by atoms with Crippen molar-refractivity contribution in [2.24, 2.45) is 0 Å². The van der Waals surface area contributed by atoms with E-state index in [0.29, 0.717) is 19.3 Å². The van der Waals surface area contributed by atoms with Crippen molar-refractivity contribution in [3.8, 4) is 0 Å². The highest BCUT2D eigenvalue weighted by Gasteiger charge is 2.19. The molecular formula is C65H120O6. The molecule has 1 atom stereocenters. The lowest BCUT2D eigenvalue weighted by atomic mass is 10.0. The SMILES string of the molecule is CCCCC/C=C\C/C=C\C/C=C\CCCCCCC(=O)OC[C@H](COC(=O)CCCCCCCCCCCCCCCCCCCCCCC)OC(=O)CCCCCCCCCCCCCCCCC. The van der Waals surface area contributed by atoms with Gasteiger partial charge >= 0.3 is 17.9 Å². The second-order valence-electron chi connectivity index (χ2n) is 21.3. The Hall–Kier alpha value is -2.37. The number of hydrogen-bond donors (Lipinski definition) is 0. The van der Waals surface area contributed by atoms with Crippen LogP contribution < -0.4 is 0 Å². The number of carbonyl (C=O) groups excluding carboxylic acids is 3. The normalized spacial score (nSPS) is 12.2. The summed E-state index contributed by atoms with van der Waals surface area (Å²) in [5, 5.41) is 0. The largest absolute Gasteiger partial charge is 0.462 e. The van der Waals surface area contributed by atoms with E-state index in [9.17, 15) is 14.4 Å². The minimum absolute atomic E-state index is 0.0740. The molecule has 0 aromatic rings. The molecular weight excluding hydrogens is 877 g/mol. The van der Waals surface area contributed by atoms with Crippen LogP contribution in [0.3, 0.4) is 0 Å². The Morgan fingerprint density at radius 2 is 0.507 bits per heavy atom. The molecule has 0 bridgehead atoms. The molecule has 6 nitrogen and oxygen atoms in total. The van der Waals surface area contributed by atoms with E-state index < -0.39 is 6.10 Å². The van der Waals surface area contributed by atoms with Crippen molar-refractivity contribution in [3.63, 3.8) is 0 Å². The third-order valence-electron chi connectivity index (χ3n) is 14.1. The predicted molar refractivity (Wildman–Crippen MR) is 307 cm³/mol. The molecule has 0 radical (unpaired) electrons. The molecule has 0 N–H and O–H groups in total. The van der Waals surface area contributed by atoms with Gasteiger partial charge in [0, 0.05) is 19.3 Å². The molecule has 0 saturated heterocycles. The van der Waals surface area contributed by atoms with Crippen molar-refractivity contribution in [1.29, 1.82) is 0 Å². The van der Waals surface area contributed by atoms with Crippen LogP contribution in [-0.2, 0) is 28.6 Å². The summed E-state index contributed by atoms with van der Waals surface area (Å²) in [6, 6.07) is 0. The zero-order valence-electron chi connectivity index (χ0n) is 47.8. The maximum Gasteiger partial charge on any atom is 0.306 e. The van der Waals surface area contributed by atoms with Gasteiger partial charge in [-0.2, -0.15) is 0 Å². The van der Waals surface area contributed by atoms with Gasteiger partial charge in [-0.05, 0) is 57.8 Å². The molecule has 0 amide bonds. The Morgan fingerprint density at radius 3 is 0.817 bits per heavy atom. The molecule has 0 aliphatic carbocycles. The maximum absolute atomic E-state index is 12.9. The van der Waals surface area contributed by atoms with Crippen LogP contribution in [0.5, 0.6) is 0 Å². The average molecular weight is 998 g/mol. The van der Waals surface area contributed by atoms with E-state index in [1.165, 1.54) is 218 Å². The van der Waals surface area contributed by atoms with Gasteiger partial charge in [-0.15, -0.1) is 0 Å². The monoisotopic (exact) mass is 997 g/mol. The first-order chi connectivity index (χ1) is 35.0. The summed E-state index contributed by atoms with van der Waals surface area (Å²) in [6.45, 7) is 6.66. The second kappa shape index (κ2) is 60.2. The lowest BCUT2D eigenvalue weighted by molar-refractivity contribution is -0.167. The highest BCUT2D eigenvalue weighted by Crippen LogP contribution is 2.18. The molecule has 0 rings (SSSR count). The number of carbonyl (C=O) groups is 3. The van der Waals surface area contributed by atoms with Crippen LogP contribution in [0.4, 0.5) is 0 Å². The van der Waals surface area contributed by atoms with Gasteiger partial charge in [-0.3, -0.25) is 14.4 Å². The number of unbranched alkanes of at least 4 members (excludes halogenated alkanes) is 41. The van der Waals surface area contributed by atoms with Crippen molar-refractivity contribution < 1.29 is 28.6 Å². The summed E-state index contributed by atoms with van der Waals surface area (Å²) in [6.07, 6.45) is 72.9. The second-order valence-corrected chi connectivity index (χ2v) is 21.3. The molecule has 416 valence electrons. The van der Waals surface area contributed by atoms with Gasteiger partial charge in [-0.25, -0.2) is 0 Å². The number of rotatable bonds is 58. The Kier molecular flexibility index (Phi) is 58.2. The maximum atomic E-state index is 12.9. The van der Waals surface area contributed by atoms with Gasteiger partial charge in [0.15, 0.2) is 6.10 Å². The Balaban J connectivity index is 4.32. The van der Waals surface area contributed by atoms with Gasteiger partial charge in [0.25, 0.3) is 0 Å². The van der Waals surface area contributed by atoms with Gasteiger partial charge in [0.2, 0.25) is 0 Å². The van der Waals surface area contributed by atoms with E-state index in [-0.39, 0.29) is 31.1 Å². The molecule has 0 saturated carbocycles. The first-order valence-corrected chi connectivity index (χ1v) is 31.5. The minimum atomic E-state index is -0.778. The van der Waals surface area contributed by atoms with Gasteiger partial charge in [0.1, 0.15) is 13.2 Å². The van der Waals surface area contributed by atoms with E-state index in [0.717, 1.165) is 83.5 Å². The van der Waals surface area contributed by atoms with Crippen LogP contribution in [0.2, 0.25) is 0 Å². The van der Waals surface area contributed by atoms with Crippen molar-refractivity contribution in [3.05, 3.63) is 36.5 Å². The van der Waals surface area contributed by atoms with E-state index in [1.807, 2.05) is 0 Å². The average Bonchev–Trinajstić information content (AvgIpc) is 3.37. The molecule has 0 aromatic carbocycles. The van der Waals surface area contributed by atoms with Crippen molar-refractivity contribution in [1.82, 2.24) is 0 Å². The molecule has 0 aliphatic rings. The van der Waals surface area contributed by atoms with Crippen LogP contribution in [0.25, 0.3) is 0 Å². The molecule has 0 aromatic heterocycles. The fourth-order valence-electron chi connectivity index (χ4n) is 9.39. The first kappa shape index (κ1) is 68.6. The third-order valence-corrected chi connectivity index (χ3v) is 14.1. The molecule has 0 unspecified atom stereocenters. The molecule has 0 heterocycles. The predicted octanol–water partition coefficient (Wildman–Crippen LogP) is 21.2. The van der Waals surface area contributed by atoms with E-state index in [2.05, 4.69) is 57.2 Å². The minimum Gasteiger partial charge on any atom is -0.462 e. The summed E-state index contributed by atoms with van der Waals surface area (Å²) in [7, 11) is 0. The molecule has 6 heteroatoms. The molecule has 0 fully saturated rings. The first-order valence-electron chi connectivity index (χ1n) is 31.5. The Bertz CT molecular complexity index is 1190.